The first-order valence-corrected chi connectivity index (χ1v) is 12.4. The summed E-state index contributed by atoms with van der Waals surface area (Å²) < 4.78 is 67.3. The number of nitrogens with one attached hydrogen (secondary N) is 2. The van der Waals surface area contributed by atoms with Crippen LogP contribution in [0, 0.1) is 0 Å². The lowest BCUT2D eigenvalue weighted by Gasteiger charge is -2.10. The minimum atomic E-state index is -4.46. The summed E-state index contributed by atoms with van der Waals surface area (Å²) in [6, 6.07) is 17.1. The molecule has 0 unspecified atom stereocenters. The first-order valence-electron chi connectivity index (χ1n) is 9.32. The number of carbonyl (C=O) groups is 1. The fraction of sp³-hybridized carbons (Fsp3) is 0.0455. The fourth-order valence-electron chi connectivity index (χ4n) is 3.02. The Hall–Kier alpha value is -2.89. The Morgan fingerprint density at radius 3 is 2.24 bits per heavy atom. The molecule has 4 rings (SSSR count). The number of halogens is 4. The summed E-state index contributed by atoms with van der Waals surface area (Å²) >= 11 is 4.29. The number of sulfonamides is 1. The van der Waals surface area contributed by atoms with E-state index in [1.54, 1.807) is 18.2 Å². The van der Waals surface area contributed by atoms with E-state index >= 15 is 0 Å². The van der Waals surface area contributed by atoms with Crippen molar-refractivity contribution in [3.63, 3.8) is 0 Å². The number of anilines is 2. The van der Waals surface area contributed by atoms with Crippen LogP contribution in [0.25, 0.3) is 10.1 Å². The molecule has 11 heteroatoms. The molecule has 0 saturated carbocycles. The molecule has 0 atom stereocenters. The lowest BCUT2D eigenvalue weighted by atomic mass is 10.1. The largest absolute Gasteiger partial charge is 0.416 e. The molecule has 1 heterocycles. The van der Waals surface area contributed by atoms with Crippen molar-refractivity contribution in [2.45, 2.75) is 11.1 Å². The number of carbonyl (C=O) groups excluding carboxylic acids is 1. The van der Waals surface area contributed by atoms with E-state index in [0.717, 1.165) is 23.5 Å². The quantitative estimate of drug-likeness (QED) is 0.287. The van der Waals surface area contributed by atoms with Gasteiger partial charge in [-0.1, -0.05) is 12.1 Å². The van der Waals surface area contributed by atoms with Crippen LogP contribution in [0.2, 0.25) is 0 Å². The number of alkyl halides is 3. The first kappa shape index (κ1) is 23.3. The van der Waals surface area contributed by atoms with E-state index in [1.165, 1.54) is 42.5 Å². The van der Waals surface area contributed by atoms with E-state index in [9.17, 15) is 26.4 Å². The molecule has 33 heavy (non-hydrogen) atoms. The standard InChI is InChI=1S/C22H14BrF3N2O3S2/c23-17-3-1-2-4-20(17)33(30,31)28-16-8-6-15(7-9-16)27-21(29)19-12-13-11-14(22(24,25)26)5-10-18(13)32-19/h1-12,28H,(H,27,29). The van der Waals surface area contributed by atoms with Crippen LogP contribution < -0.4 is 10.0 Å². The monoisotopic (exact) mass is 554 g/mol. The molecule has 0 spiro atoms. The van der Waals surface area contributed by atoms with Crippen LogP contribution in [0.15, 0.2) is 82.2 Å². The van der Waals surface area contributed by atoms with Crippen molar-refractivity contribution < 1.29 is 26.4 Å². The maximum atomic E-state index is 12.9. The highest BCUT2D eigenvalue weighted by Gasteiger charge is 2.30. The molecule has 5 nitrogen and oxygen atoms in total. The van der Waals surface area contributed by atoms with Crippen LogP contribution in [0.1, 0.15) is 15.2 Å². The Balaban J connectivity index is 1.48. The van der Waals surface area contributed by atoms with Gasteiger partial charge in [-0.25, -0.2) is 8.42 Å². The highest BCUT2D eigenvalue weighted by atomic mass is 79.9. The predicted octanol–water partition coefficient (Wildman–Crippen LogP) is 6.74. The number of hydrogen-bond acceptors (Lipinski definition) is 4. The highest BCUT2D eigenvalue weighted by Crippen LogP contribution is 2.34. The number of benzene rings is 3. The predicted molar refractivity (Wildman–Crippen MR) is 126 cm³/mol. The summed E-state index contributed by atoms with van der Waals surface area (Å²) in [5, 5.41) is 2.99. The van der Waals surface area contributed by atoms with E-state index < -0.39 is 27.7 Å². The maximum absolute atomic E-state index is 12.9. The minimum absolute atomic E-state index is 0.0841. The van der Waals surface area contributed by atoms with E-state index in [-0.39, 0.29) is 9.77 Å². The molecular formula is C22H14BrF3N2O3S2. The molecule has 1 amide bonds. The van der Waals surface area contributed by atoms with E-state index in [0.29, 0.717) is 25.9 Å². The zero-order valence-electron chi connectivity index (χ0n) is 16.5. The lowest BCUT2D eigenvalue weighted by Crippen LogP contribution is -2.14. The van der Waals surface area contributed by atoms with Crippen LogP contribution in [0.4, 0.5) is 24.5 Å². The van der Waals surface area contributed by atoms with Crippen molar-refractivity contribution >= 4 is 64.7 Å². The molecule has 0 fully saturated rings. The van der Waals surface area contributed by atoms with Gasteiger partial charge in [0.15, 0.2) is 0 Å². The Morgan fingerprint density at radius 2 is 1.58 bits per heavy atom. The Bertz CT molecular complexity index is 1450. The molecule has 170 valence electrons. The highest BCUT2D eigenvalue weighted by molar-refractivity contribution is 9.10. The van der Waals surface area contributed by atoms with Crippen molar-refractivity contribution in [3.05, 3.63) is 87.7 Å². The van der Waals surface area contributed by atoms with Crippen molar-refractivity contribution in [1.82, 2.24) is 0 Å². The fourth-order valence-corrected chi connectivity index (χ4v) is 6.02. The van der Waals surface area contributed by atoms with Gasteiger partial charge in [-0.05, 0) is 82.0 Å². The minimum Gasteiger partial charge on any atom is -0.321 e. The zero-order valence-corrected chi connectivity index (χ0v) is 19.7. The smallest absolute Gasteiger partial charge is 0.321 e. The summed E-state index contributed by atoms with van der Waals surface area (Å²) in [5.41, 5.74) is -0.0806. The number of hydrogen-bond donors (Lipinski definition) is 2. The van der Waals surface area contributed by atoms with Crippen LogP contribution in [0.5, 0.6) is 0 Å². The molecule has 0 saturated heterocycles. The van der Waals surface area contributed by atoms with Crippen molar-refractivity contribution in [2.75, 3.05) is 10.0 Å². The first-order chi connectivity index (χ1) is 15.5. The number of fused-ring (bicyclic) bond motifs is 1. The van der Waals surface area contributed by atoms with Gasteiger partial charge >= 0.3 is 6.18 Å². The molecular weight excluding hydrogens is 541 g/mol. The van der Waals surface area contributed by atoms with Gasteiger partial charge in [-0.15, -0.1) is 11.3 Å². The number of thiophene rings is 1. The molecule has 3 aromatic carbocycles. The van der Waals surface area contributed by atoms with Crippen LogP contribution in [-0.2, 0) is 16.2 Å². The molecule has 1 aromatic heterocycles. The third-order valence-electron chi connectivity index (χ3n) is 4.59. The Kier molecular flexibility index (Phi) is 6.21. The van der Waals surface area contributed by atoms with Gasteiger partial charge in [0.05, 0.1) is 10.4 Å². The summed E-state index contributed by atoms with van der Waals surface area (Å²) in [4.78, 5) is 12.9. The van der Waals surface area contributed by atoms with Crippen LogP contribution in [-0.4, -0.2) is 14.3 Å². The summed E-state index contributed by atoms with van der Waals surface area (Å²) in [5.74, 6) is -0.480. The van der Waals surface area contributed by atoms with E-state index in [4.69, 9.17) is 0 Å². The zero-order chi connectivity index (χ0) is 23.8. The molecule has 0 bridgehead atoms. The number of rotatable bonds is 5. The second kappa shape index (κ2) is 8.81. The van der Waals surface area contributed by atoms with E-state index in [1.807, 2.05) is 0 Å². The Morgan fingerprint density at radius 1 is 0.909 bits per heavy atom. The normalized spacial score (nSPS) is 12.0. The maximum Gasteiger partial charge on any atom is 0.416 e. The average molecular weight is 555 g/mol. The second-order valence-corrected chi connectivity index (χ2v) is 10.5. The third-order valence-corrected chi connectivity index (χ3v) is 8.10. The van der Waals surface area contributed by atoms with Gasteiger partial charge in [0.25, 0.3) is 15.9 Å². The average Bonchev–Trinajstić information content (AvgIpc) is 3.18. The third kappa shape index (κ3) is 5.21. The van der Waals surface area contributed by atoms with Crippen LogP contribution >= 0.6 is 27.3 Å². The van der Waals surface area contributed by atoms with Gasteiger partial charge in [-0.3, -0.25) is 9.52 Å². The molecule has 4 aromatic rings. The topological polar surface area (TPSA) is 75.3 Å². The van der Waals surface area contributed by atoms with E-state index in [2.05, 4.69) is 26.0 Å². The summed E-state index contributed by atoms with van der Waals surface area (Å²) in [6.07, 6.45) is -4.46. The number of amides is 1. The molecule has 0 radical (unpaired) electrons. The van der Waals surface area contributed by atoms with Crippen molar-refractivity contribution in [1.29, 1.82) is 0 Å². The Labute approximate surface area is 199 Å². The molecule has 0 aliphatic heterocycles. The second-order valence-electron chi connectivity index (χ2n) is 6.93. The van der Waals surface area contributed by atoms with Crippen LogP contribution in [0.3, 0.4) is 0 Å². The molecule has 2 N–H and O–H groups in total. The van der Waals surface area contributed by atoms with Gasteiger partial charge in [0.1, 0.15) is 4.90 Å². The lowest BCUT2D eigenvalue weighted by molar-refractivity contribution is -0.137. The van der Waals surface area contributed by atoms with Gasteiger partial charge < -0.3 is 5.32 Å². The summed E-state index contributed by atoms with van der Waals surface area (Å²) in [7, 11) is -3.81. The van der Waals surface area contributed by atoms with Gasteiger partial charge in [-0.2, -0.15) is 13.2 Å². The van der Waals surface area contributed by atoms with Crippen molar-refractivity contribution in [2.24, 2.45) is 0 Å². The van der Waals surface area contributed by atoms with Crippen molar-refractivity contribution in [3.8, 4) is 0 Å². The van der Waals surface area contributed by atoms with Gasteiger partial charge in [0.2, 0.25) is 0 Å². The summed E-state index contributed by atoms with van der Waals surface area (Å²) in [6.45, 7) is 0. The van der Waals surface area contributed by atoms with Gasteiger partial charge in [0, 0.05) is 20.5 Å². The SMILES string of the molecule is O=C(Nc1ccc(NS(=O)(=O)c2ccccc2Br)cc1)c1cc2cc(C(F)(F)F)ccc2s1. The molecule has 0 aliphatic carbocycles. The molecule has 0 aliphatic rings.